The van der Waals surface area contributed by atoms with Crippen LogP contribution in [0.5, 0.6) is 0 Å². The zero-order valence-corrected chi connectivity index (χ0v) is 19.5. The first-order chi connectivity index (χ1) is 15.0. The van der Waals surface area contributed by atoms with Gasteiger partial charge in [-0.15, -0.1) is 22.7 Å². The molecule has 0 saturated heterocycles. The molecule has 0 unspecified atom stereocenters. The molecule has 1 aliphatic rings. The van der Waals surface area contributed by atoms with Crippen molar-refractivity contribution in [2.24, 2.45) is 0 Å². The number of fused-ring (bicyclic) bond motifs is 1. The van der Waals surface area contributed by atoms with Gasteiger partial charge in [0.25, 0.3) is 0 Å². The number of amides is 1. The van der Waals surface area contributed by atoms with Gasteiger partial charge in [0, 0.05) is 29.4 Å². The van der Waals surface area contributed by atoms with Crippen LogP contribution in [-0.4, -0.2) is 29.9 Å². The topological polar surface area (TPSA) is 58.6 Å². The lowest BCUT2D eigenvalue weighted by Crippen LogP contribution is -2.30. The van der Waals surface area contributed by atoms with Gasteiger partial charge in [0.1, 0.15) is 5.00 Å². The van der Waals surface area contributed by atoms with Crippen LogP contribution in [0, 0.1) is 0 Å². The van der Waals surface area contributed by atoms with E-state index >= 15 is 0 Å². The van der Waals surface area contributed by atoms with Crippen LogP contribution in [-0.2, 0) is 35.5 Å². The molecule has 0 radical (unpaired) electrons. The molecule has 0 atom stereocenters. The third-order valence-electron chi connectivity index (χ3n) is 5.08. The van der Waals surface area contributed by atoms with Crippen molar-refractivity contribution in [1.82, 2.24) is 4.90 Å². The normalized spacial score (nSPS) is 13.6. The highest BCUT2D eigenvalue weighted by Crippen LogP contribution is 2.38. The molecule has 1 aliphatic heterocycles. The van der Waals surface area contributed by atoms with Crippen molar-refractivity contribution >= 4 is 51.2 Å². The number of hydrogen-bond donors (Lipinski definition) is 1. The zero-order valence-electron chi connectivity index (χ0n) is 17.2. The first-order valence-corrected chi connectivity index (χ1v) is 12.2. The Kier molecular flexibility index (Phi) is 7.07. The number of nitrogens with zero attached hydrogens (tertiary/aromatic N) is 1. The summed E-state index contributed by atoms with van der Waals surface area (Å²) < 4.78 is 5.96. The SMILES string of the molecule is CCOC(=O)c1c(NC(=O)Cc2ccc(Cl)s2)sc2c1CCN(Cc1ccccc1)C2. The highest BCUT2D eigenvalue weighted by atomic mass is 35.5. The van der Waals surface area contributed by atoms with Crippen molar-refractivity contribution in [3.05, 3.63) is 73.2 Å². The molecule has 4 rings (SSSR count). The van der Waals surface area contributed by atoms with Crippen molar-refractivity contribution in [3.8, 4) is 0 Å². The Morgan fingerprint density at radius 2 is 1.97 bits per heavy atom. The molecule has 2 aromatic heterocycles. The number of rotatable bonds is 7. The van der Waals surface area contributed by atoms with Gasteiger partial charge in [-0.25, -0.2) is 4.79 Å². The quantitative estimate of drug-likeness (QED) is 0.467. The molecule has 1 N–H and O–H groups in total. The van der Waals surface area contributed by atoms with Crippen LogP contribution >= 0.6 is 34.3 Å². The number of anilines is 1. The van der Waals surface area contributed by atoms with Crippen LogP contribution < -0.4 is 5.32 Å². The van der Waals surface area contributed by atoms with E-state index in [1.54, 1.807) is 13.0 Å². The van der Waals surface area contributed by atoms with Gasteiger partial charge in [0.2, 0.25) is 5.91 Å². The second-order valence-corrected chi connectivity index (χ2v) is 10.2. The molecule has 3 aromatic rings. The van der Waals surface area contributed by atoms with E-state index in [-0.39, 0.29) is 18.3 Å². The van der Waals surface area contributed by atoms with Crippen LogP contribution in [0.2, 0.25) is 4.34 Å². The van der Waals surface area contributed by atoms with Crippen molar-refractivity contribution in [2.45, 2.75) is 32.9 Å². The lowest BCUT2D eigenvalue weighted by atomic mass is 10.0. The van der Waals surface area contributed by atoms with Crippen molar-refractivity contribution in [1.29, 1.82) is 0 Å². The van der Waals surface area contributed by atoms with E-state index in [1.165, 1.54) is 28.2 Å². The molecule has 3 heterocycles. The first kappa shape index (κ1) is 22.0. The van der Waals surface area contributed by atoms with Crippen LogP contribution in [0.4, 0.5) is 5.00 Å². The maximum absolute atomic E-state index is 12.7. The summed E-state index contributed by atoms with van der Waals surface area (Å²) in [6.07, 6.45) is 0.978. The second kappa shape index (κ2) is 9.96. The fraction of sp³-hybridized carbons (Fsp3) is 0.304. The van der Waals surface area contributed by atoms with E-state index in [4.69, 9.17) is 16.3 Å². The minimum Gasteiger partial charge on any atom is -0.462 e. The van der Waals surface area contributed by atoms with E-state index < -0.39 is 0 Å². The summed E-state index contributed by atoms with van der Waals surface area (Å²) in [4.78, 5) is 29.7. The number of carbonyl (C=O) groups is 2. The Bertz CT molecular complexity index is 1080. The molecule has 0 fully saturated rings. The summed E-state index contributed by atoms with van der Waals surface area (Å²) in [5, 5.41) is 3.53. The summed E-state index contributed by atoms with van der Waals surface area (Å²) in [6.45, 7) is 4.54. The van der Waals surface area contributed by atoms with E-state index in [9.17, 15) is 9.59 Å². The molecular formula is C23H23ClN2O3S2. The highest BCUT2D eigenvalue weighted by Gasteiger charge is 2.29. The van der Waals surface area contributed by atoms with Gasteiger partial charge in [-0.3, -0.25) is 9.69 Å². The van der Waals surface area contributed by atoms with Gasteiger partial charge >= 0.3 is 5.97 Å². The van der Waals surface area contributed by atoms with Crippen molar-refractivity contribution in [3.63, 3.8) is 0 Å². The highest BCUT2D eigenvalue weighted by molar-refractivity contribution is 7.17. The lowest BCUT2D eigenvalue weighted by Gasteiger charge is -2.27. The second-order valence-electron chi connectivity index (χ2n) is 7.31. The standard InChI is InChI=1S/C23H23ClN2O3S2/c1-2-29-23(28)21-17-10-11-26(13-15-6-4-3-5-7-15)14-18(17)31-22(21)25-20(27)12-16-8-9-19(24)30-16/h3-9H,2,10-14H2,1H3,(H,25,27). The molecule has 0 aliphatic carbocycles. The number of thiophene rings is 2. The monoisotopic (exact) mass is 474 g/mol. The van der Waals surface area contributed by atoms with Crippen LogP contribution in [0.25, 0.3) is 0 Å². The molecule has 0 spiro atoms. The van der Waals surface area contributed by atoms with Gasteiger partial charge in [-0.05, 0) is 36.6 Å². The van der Waals surface area contributed by atoms with Gasteiger partial charge in [0.15, 0.2) is 0 Å². The van der Waals surface area contributed by atoms with Gasteiger partial charge in [-0.1, -0.05) is 41.9 Å². The van der Waals surface area contributed by atoms with E-state index in [0.29, 0.717) is 21.5 Å². The molecule has 5 nitrogen and oxygen atoms in total. The van der Waals surface area contributed by atoms with E-state index in [2.05, 4.69) is 22.3 Å². The number of hydrogen-bond acceptors (Lipinski definition) is 6. The summed E-state index contributed by atoms with van der Waals surface area (Å²) in [5.41, 5.74) is 2.78. The molecule has 1 amide bonds. The number of ether oxygens (including phenoxy) is 1. The average Bonchev–Trinajstić information content (AvgIpc) is 3.31. The summed E-state index contributed by atoms with van der Waals surface area (Å²) in [5.74, 6) is -0.533. The van der Waals surface area contributed by atoms with Gasteiger partial charge in [-0.2, -0.15) is 0 Å². The van der Waals surface area contributed by atoms with Crippen LogP contribution in [0.3, 0.4) is 0 Å². The minimum absolute atomic E-state index is 0.163. The molecule has 0 saturated carbocycles. The van der Waals surface area contributed by atoms with Crippen molar-refractivity contribution in [2.75, 3.05) is 18.5 Å². The smallest absolute Gasteiger partial charge is 0.341 e. The van der Waals surface area contributed by atoms with E-state index in [1.807, 2.05) is 24.3 Å². The largest absolute Gasteiger partial charge is 0.462 e. The molecule has 1 aromatic carbocycles. The fourth-order valence-electron chi connectivity index (χ4n) is 3.72. The zero-order chi connectivity index (χ0) is 21.8. The Morgan fingerprint density at radius 3 is 2.68 bits per heavy atom. The van der Waals surface area contributed by atoms with E-state index in [0.717, 1.165) is 41.4 Å². The Balaban J connectivity index is 1.54. The third kappa shape index (κ3) is 5.36. The first-order valence-electron chi connectivity index (χ1n) is 10.2. The number of esters is 1. The summed E-state index contributed by atoms with van der Waals surface area (Å²) in [7, 11) is 0. The Hall–Kier alpha value is -2.19. The molecule has 0 bridgehead atoms. The number of carbonyl (C=O) groups excluding carboxylic acids is 2. The Labute approximate surface area is 194 Å². The van der Waals surface area contributed by atoms with Gasteiger partial charge < -0.3 is 10.1 Å². The molecule has 162 valence electrons. The molecule has 8 heteroatoms. The maximum Gasteiger partial charge on any atom is 0.341 e. The average molecular weight is 475 g/mol. The molecular weight excluding hydrogens is 452 g/mol. The number of nitrogens with one attached hydrogen (secondary N) is 1. The summed E-state index contributed by atoms with van der Waals surface area (Å²) >= 11 is 8.83. The summed E-state index contributed by atoms with van der Waals surface area (Å²) in [6, 6.07) is 14.0. The molecule has 31 heavy (non-hydrogen) atoms. The minimum atomic E-state index is -0.369. The number of halogens is 1. The van der Waals surface area contributed by atoms with Crippen LogP contribution in [0.15, 0.2) is 42.5 Å². The van der Waals surface area contributed by atoms with Crippen LogP contribution in [0.1, 0.15) is 38.2 Å². The number of benzene rings is 1. The van der Waals surface area contributed by atoms with Crippen molar-refractivity contribution < 1.29 is 14.3 Å². The third-order valence-corrected chi connectivity index (χ3v) is 7.44. The predicted molar refractivity (Wildman–Crippen MR) is 126 cm³/mol. The fourth-order valence-corrected chi connectivity index (χ4v) is 6.10. The maximum atomic E-state index is 12.7. The predicted octanol–water partition coefficient (Wildman–Crippen LogP) is 5.38. The van der Waals surface area contributed by atoms with Gasteiger partial charge in [0.05, 0.1) is 22.9 Å². The lowest BCUT2D eigenvalue weighted by molar-refractivity contribution is -0.115. The Morgan fingerprint density at radius 1 is 1.16 bits per heavy atom.